The lowest BCUT2D eigenvalue weighted by molar-refractivity contribution is 0.669. The van der Waals surface area contributed by atoms with Gasteiger partial charge in [0.1, 0.15) is 11.2 Å². The summed E-state index contributed by atoms with van der Waals surface area (Å²) in [6.45, 7) is 0. The summed E-state index contributed by atoms with van der Waals surface area (Å²) >= 11 is 0. The highest BCUT2D eigenvalue weighted by Crippen LogP contribution is 2.45. The Morgan fingerprint density at radius 3 is 1.34 bits per heavy atom. The number of hydrogen-bond donors (Lipinski definition) is 0. The maximum absolute atomic E-state index is 9.31. The lowest BCUT2D eigenvalue weighted by atomic mass is 9.85. The first-order valence-corrected chi connectivity index (χ1v) is 17.2. The van der Waals surface area contributed by atoms with Gasteiger partial charge < -0.3 is 4.42 Å². The van der Waals surface area contributed by atoms with Gasteiger partial charge in [-0.25, -0.2) is 0 Å². The fraction of sp³-hybridized carbons (Fsp3) is 0. The van der Waals surface area contributed by atoms with Crippen molar-refractivity contribution in [3.63, 3.8) is 0 Å². The minimum absolute atomic E-state index is 0.0805. The summed E-state index contributed by atoms with van der Waals surface area (Å²) in [6, 6.07) is 29.7. The molecule has 246 valence electrons. The second-order valence-electron chi connectivity index (χ2n) is 13.0. The van der Waals surface area contributed by atoms with E-state index in [1.54, 1.807) is 12.1 Å². The van der Waals surface area contributed by atoms with Crippen LogP contribution in [0.2, 0.25) is 0 Å². The molecule has 0 atom stereocenters. The summed E-state index contributed by atoms with van der Waals surface area (Å²) in [5, 5.41) is 4.98. The minimum Gasteiger partial charge on any atom is -0.456 e. The Hall–Kier alpha value is -6.96. The van der Waals surface area contributed by atoms with Crippen molar-refractivity contribution < 1.29 is 22.2 Å². The van der Waals surface area contributed by atoms with Crippen molar-refractivity contribution in [3.05, 3.63) is 194 Å². The molecule has 53 heavy (non-hydrogen) atoms. The van der Waals surface area contributed by atoms with E-state index in [0.29, 0.717) is 5.56 Å². The highest BCUT2D eigenvalue weighted by Gasteiger charge is 2.19. The molecule has 0 amide bonds. The van der Waals surface area contributed by atoms with Crippen LogP contribution in [-0.2, 0) is 0 Å². The third-order valence-electron chi connectivity index (χ3n) is 10.1. The Bertz CT molecular complexity index is 3880. The highest BCUT2D eigenvalue weighted by molar-refractivity contribution is 6.22. The molecule has 1 aromatic heterocycles. The van der Waals surface area contributed by atoms with E-state index >= 15 is 0 Å². The van der Waals surface area contributed by atoms with Crippen LogP contribution in [0.3, 0.4) is 0 Å². The molecule has 1 heterocycles. The normalized spacial score (nSPS) is 15.2. The first-order chi connectivity index (χ1) is 31.7. The fourth-order valence-electron chi connectivity index (χ4n) is 7.81. The Balaban J connectivity index is 1.17. The van der Waals surface area contributed by atoms with E-state index < -0.39 is 84.1 Å². The molecule has 10 aromatic carbocycles. The average Bonchev–Trinajstić information content (AvgIpc) is 3.73. The molecular weight excluding hydrogens is 641 g/mol. The molecule has 11 aromatic rings. The molecule has 0 radical (unpaired) electrons. The number of benzene rings is 10. The van der Waals surface area contributed by atoms with Crippen molar-refractivity contribution in [3.8, 4) is 44.5 Å². The van der Waals surface area contributed by atoms with Crippen LogP contribution in [-0.4, -0.2) is 0 Å². The van der Waals surface area contributed by atoms with Crippen molar-refractivity contribution >= 4 is 65.0 Å². The van der Waals surface area contributed by atoms with Crippen LogP contribution in [0, 0.1) is 0 Å². The smallest absolute Gasteiger partial charge is 0.136 e. The maximum Gasteiger partial charge on any atom is 0.136 e. The van der Waals surface area contributed by atoms with Gasteiger partial charge in [0.15, 0.2) is 0 Å². The molecule has 0 N–H and O–H groups in total. The van der Waals surface area contributed by atoms with Crippen LogP contribution in [0.1, 0.15) is 17.8 Å². The van der Waals surface area contributed by atoms with E-state index in [9.17, 15) is 5.48 Å². The zero-order chi connectivity index (χ0) is 46.2. The fourth-order valence-corrected chi connectivity index (χ4v) is 7.81. The second-order valence-corrected chi connectivity index (χ2v) is 13.0. The third kappa shape index (κ3) is 4.71. The molecule has 11 rings (SSSR count). The van der Waals surface area contributed by atoms with Crippen molar-refractivity contribution in [2.24, 2.45) is 0 Å². The van der Waals surface area contributed by atoms with Gasteiger partial charge in [0, 0.05) is 10.8 Å². The molecule has 0 saturated carbocycles. The molecule has 0 saturated heterocycles. The lowest BCUT2D eigenvalue weighted by Crippen LogP contribution is -1.91. The summed E-state index contributed by atoms with van der Waals surface area (Å²) in [5.41, 5.74) is 5.10. The Morgan fingerprint density at radius 1 is 0.340 bits per heavy atom. The maximum atomic E-state index is 9.31. The molecule has 0 fully saturated rings. The lowest BCUT2D eigenvalue weighted by Gasteiger charge is -2.18. The molecule has 0 aliphatic rings. The predicted octanol–water partition coefficient (Wildman–Crippen LogP) is 14.9. The zero-order valence-corrected chi connectivity index (χ0v) is 27.9. The summed E-state index contributed by atoms with van der Waals surface area (Å²) in [4.78, 5) is 0. The molecule has 0 aliphatic carbocycles. The largest absolute Gasteiger partial charge is 0.456 e. The summed E-state index contributed by atoms with van der Waals surface area (Å²) in [5.74, 6) is 0. The topological polar surface area (TPSA) is 13.1 Å². The van der Waals surface area contributed by atoms with E-state index in [1.807, 2.05) is 60.7 Å². The van der Waals surface area contributed by atoms with Crippen LogP contribution < -0.4 is 0 Å². The Morgan fingerprint density at radius 2 is 0.774 bits per heavy atom. The molecule has 0 aliphatic heterocycles. The monoisotopic (exact) mass is 685 g/mol. The van der Waals surface area contributed by atoms with Gasteiger partial charge in [-0.2, -0.15) is 0 Å². The van der Waals surface area contributed by atoms with Gasteiger partial charge in [-0.15, -0.1) is 0 Å². The van der Waals surface area contributed by atoms with Crippen molar-refractivity contribution in [2.45, 2.75) is 0 Å². The van der Waals surface area contributed by atoms with Crippen LogP contribution in [0.4, 0.5) is 0 Å². The van der Waals surface area contributed by atoms with Gasteiger partial charge in [-0.1, -0.05) is 163 Å². The third-order valence-corrected chi connectivity index (χ3v) is 10.1. The van der Waals surface area contributed by atoms with Crippen LogP contribution in [0.5, 0.6) is 0 Å². The first-order valence-electron chi connectivity index (χ1n) is 23.7. The van der Waals surface area contributed by atoms with Gasteiger partial charge in [0.2, 0.25) is 0 Å². The SMILES string of the molecule is [2H]c1c([2H])c([2H])c(-c2c3c([2H])c([2H])c([2H])c([2H])c3c(-c3ccc4cc(-c5cccc6oc7cccc(-c8ccc9ccccc9c8)c7c56)ccc4c3)c3c([2H])c([2H])c([2H])c([2H])c23)c([2H])c1[2H]. The van der Waals surface area contributed by atoms with Crippen molar-refractivity contribution in [1.29, 1.82) is 0 Å². The number of fused-ring (bicyclic) bond motifs is 7. The van der Waals surface area contributed by atoms with E-state index in [0.717, 1.165) is 65.7 Å². The van der Waals surface area contributed by atoms with E-state index in [-0.39, 0.29) is 32.7 Å². The highest BCUT2D eigenvalue weighted by atomic mass is 16.3. The summed E-state index contributed by atoms with van der Waals surface area (Å²) < 4.78 is 122. The van der Waals surface area contributed by atoms with Crippen LogP contribution >= 0.6 is 0 Å². The van der Waals surface area contributed by atoms with E-state index in [1.165, 1.54) is 0 Å². The summed E-state index contributed by atoms with van der Waals surface area (Å²) in [6.07, 6.45) is 0. The van der Waals surface area contributed by atoms with Crippen LogP contribution in [0.25, 0.3) is 110 Å². The average molecular weight is 686 g/mol. The first kappa shape index (κ1) is 19.6. The summed E-state index contributed by atoms with van der Waals surface area (Å²) in [7, 11) is 0. The molecule has 0 unspecified atom stereocenters. The van der Waals surface area contributed by atoms with Crippen LogP contribution in [0.15, 0.2) is 198 Å². The predicted molar refractivity (Wildman–Crippen MR) is 225 cm³/mol. The molecule has 1 heteroatoms. The van der Waals surface area contributed by atoms with Gasteiger partial charge >= 0.3 is 0 Å². The van der Waals surface area contributed by atoms with E-state index in [4.69, 9.17) is 16.8 Å². The molecule has 0 spiro atoms. The molecular formula is C52H32O. The van der Waals surface area contributed by atoms with Gasteiger partial charge in [0.25, 0.3) is 0 Å². The quantitative estimate of drug-likeness (QED) is 0.168. The molecule has 1 nitrogen and oxygen atoms in total. The van der Waals surface area contributed by atoms with Crippen molar-refractivity contribution in [2.75, 3.05) is 0 Å². The number of hydrogen-bond acceptors (Lipinski definition) is 1. The number of furan rings is 1. The van der Waals surface area contributed by atoms with E-state index in [2.05, 4.69) is 42.5 Å². The van der Waals surface area contributed by atoms with Gasteiger partial charge in [-0.3, -0.25) is 0 Å². The van der Waals surface area contributed by atoms with Crippen molar-refractivity contribution in [1.82, 2.24) is 0 Å². The zero-order valence-electron chi connectivity index (χ0n) is 40.9. The standard InChI is InChI=1S/C52H32O/c1-2-13-34(14-3-1)49-43-16-6-8-18-45(43)50(46-19-9-7-17-44(46)49)40-29-26-36-31-39(28-25-37(36)32-40)42-21-11-23-48-52(42)51-41(20-10-22-47(51)53-48)38-27-24-33-12-4-5-15-35(33)30-38/h1-32H/i1D,2D,3D,6D,7D,8D,9D,13D,14D,16D,17D,18D,19D. The Labute approximate surface area is 325 Å². The molecule has 0 bridgehead atoms. The van der Waals surface area contributed by atoms with Gasteiger partial charge in [-0.05, 0) is 118 Å². The number of rotatable bonds is 4. The second kappa shape index (κ2) is 11.8. The minimum atomic E-state index is -0.713. The Kier molecular flexibility index (Phi) is 4.36. The van der Waals surface area contributed by atoms with Gasteiger partial charge in [0.05, 0.1) is 17.8 Å².